The van der Waals surface area contributed by atoms with Crippen molar-refractivity contribution in [1.29, 1.82) is 0 Å². The summed E-state index contributed by atoms with van der Waals surface area (Å²) in [6.07, 6.45) is 6.63. The van der Waals surface area contributed by atoms with Crippen molar-refractivity contribution >= 4 is 31.9 Å². The molecule has 0 radical (unpaired) electrons. The predicted molar refractivity (Wildman–Crippen MR) is 117 cm³/mol. The van der Waals surface area contributed by atoms with E-state index < -0.39 is 10.0 Å². The normalized spacial score (nSPS) is 30.3. The van der Waals surface area contributed by atoms with Gasteiger partial charge in [-0.25, -0.2) is 13.1 Å². The second-order valence-electron chi connectivity index (χ2n) is 8.57. The fourth-order valence-corrected chi connectivity index (χ4v) is 6.16. The lowest BCUT2D eigenvalue weighted by atomic mass is 9.82. The number of carbonyl (C=O) groups excluding carboxylic acids is 1. The van der Waals surface area contributed by atoms with Gasteiger partial charge in [-0.3, -0.25) is 4.79 Å². The highest BCUT2D eigenvalue weighted by atomic mass is 79.9. The van der Waals surface area contributed by atoms with Gasteiger partial charge in [-0.2, -0.15) is 0 Å². The molecule has 1 saturated heterocycles. The summed E-state index contributed by atoms with van der Waals surface area (Å²) < 4.78 is 39.7. The van der Waals surface area contributed by atoms with E-state index in [0.717, 1.165) is 54.1 Å². The molecule has 1 amide bonds. The third kappa shape index (κ3) is 5.18. The third-order valence-electron chi connectivity index (χ3n) is 6.40. The fraction of sp³-hybridized carbons (Fsp3) is 0.667. The smallest absolute Gasteiger partial charge is 0.260 e. The Labute approximate surface area is 186 Å². The molecule has 4 aliphatic rings. The van der Waals surface area contributed by atoms with Crippen LogP contribution in [0.25, 0.3) is 0 Å². The van der Waals surface area contributed by atoms with Gasteiger partial charge in [-0.05, 0) is 68.2 Å². The molecule has 3 heterocycles. The van der Waals surface area contributed by atoms with Crippen molar-refractivity contribution in [3.05, 3.63) is 28.2 Å². The monoisotopic (exact) mass is 500 g/mol. The second kappa shape index (κ2) is 9.14. The van der Waals surface area contributed by atoms with Gasteiger partial charge in [0.25, 0.3) is 5.91 Å². The Kier molecular flexibility index (Phi) is 6.72. The highest BCUT2D eigenvalue weighted by molar-refractivity contribution is 9.10. The third-order valence-corrected chi connectivity index (χ3v) is 7.63. The minimum atomic E-state index is -3.38. The Balaban J connectivity index is 1.62. The largest absolute Gasteiger partial charge is 0.483 e. The number of nitrogens with one attached hydrogen (secondary N) is 1. The SMILES string of the molecule is CS(=O)(=O)N[C@H]1CCCN2C(=O)COc3ccc(Br)cc3C3CCC(CC3)OCC12. The minimum Gasteiger partial charge on any atom is -0.483 e. The first kappa shape index (κ1) is 22.0. The van der Waals surface area contributed by atoms with E-state index in [1.807, 2.05) is 12.1 Å². The molecule has 3 aliphatic heterocycles. The zero-order chi connectivity index (χ0) is 21.3. The highest BCUT2D eigenvalue weighted by Crippen LogP contribution is 2.40. The van der Waals surface area contributed by atoms with E-state index in [1.54, 1.807) is 4.90 Å². The van der Waals surface area contributed by atoms with Crippen molar-refractivity contribution in [3.8, 4) is 5.75 Å². The molecule has 9 heteroatoms. The van der Waals surface area contributed by atoms with Crippen LogP contribution in [-0.4, -0.2) is 63.4 Å². The van der Waals surface area contributed by atoms with Crippen LogP contribution in [0, 0.1) is 0 Å². The van der Waals surface area contributed by atoms with Crippen LogP contribution >= 0.6 is 15.9 Å². The van der Waals surface area contributed by atoms with Crippen LogP contribution in [-0.2, 0) is 19.6 Å². The molecule has 30 heavy (non-hydrogen) atoms. The lowest BCUT2D eigenvalue weighted by molar-refractivity contribution is -0.140. The van der Waals surface area contributed by atoms with Crippen molar-refractivity contribution in [2.75, 3.05) is 26.0 Å². The van der Waals surface area contributed by atoms with E-state index in [2.05, 4.69) is 26.7 Å². The van der Waals surface area contributed by atoms with Crippen LogP contribution in [0.5, 0.6) is 5.75 Å². The van der Waals surface area contributed by atoms with E-state index in [4.69, 9.17) is 9.47 Å². The molecule has 7 nitrogen and oxygen atoms in total. The Morgan fingerprint density at radius 1 is 1.17 bits per heavy atom. The molecule has 5 rings (SSSR count). The number of amides is 1. The van der Waals surface area contributed by atoms with Gasteiger partial charge in [0.05, 0.1) is 25.0 Å². The molecule has 1 N–H and O–H groups in total. The van der Waals surface area contributed by atoms with Crippen LogP contribution in [0.1, 0.15) is 50.0 Å². The summed E-state index contributed by atoms with van der Waals surface area (Å²) in [4.78, 5) is 14.8. The number of piperidine rings is 1. The zero-order valence-corrected chi connectivity index (χ0v) is 19.6. The summed E-state index contributed by atoms with van der Waals surface area (Å²) in [6, 6.07) is 5.29. The van der Waals surface area contributed by atoms with E-state index in [9.17, 15) is 13.2 Å². The molecule has 0 spiro atoms. The Morgan fingerprint density at radius 3 is 2.67 bits per heavy atom. The molecular formula is C21H29BrN2O5S. The van der Waals surface area contributed by atoms with Crippen LogP contribution in [0.4, 0.5) is 0 Å². The number of benzene rings is 1. The summed E-state index contributed by atoms with van der Waals surface area (Å²) in [5, 5.41) is 0. The van der Waals surface area contributed by atoms with Gasteiger partial charge in [0, 0.05) is 17.1 Å². The lowest BCUT2D eigenvalue weighted by Crippen LogP contribution is -2.59. The van der Waals surface area contributed by atoms with E-state index in [-0.39, 0.29) is 30.7 Å². The molecule has 2 atom stereocenters. The topological polar surface area (TPSA) is 84.9 Å². The van der Waals surface area contributed by atoms with Gasteiger partial charge in [0.2, 0.25) is 10.0 Å². The summed E-state index contributed by atoms with van der Waals surface area (Å²) in [5.74, 6) is 1.01. The van der Waals surface area contributed by atoms with Gasteiger partial charge >= 0.3 is 0 Å². The Hall–Kier alpha value is -1.16. The lowest BCUT2D eigenvalue weighted by Gasteiger charge is -2.41. The van der Waals surface area contributed by atoms with E-state index >= 15 is 0 Å². The molecule has 2 bridgehead atoms. The van der Waals surface area contributed by atoms with Gasteiger partial charge in [0.15, 0.2) is 6.61 Å². The van der Waals surface area contributed by atoms with Crippen molar-refractivity contribution in [2.45, 2.75) is 62.6 Å². The highest BCUT2D eigenvalue weighted by Gasteiger charge is 2.37. The van der Waals surface area contributed by atoms with Gasteiger partial charge in [-0.15, -0.1) is 0 Å². The van der Waals surface area contributed by atoms with Crippen molar-refractivity contribution in [2.24, 2.45) is 0 Å². The number of hydrogen-bond donors (Lipinski definition) is 1. The molecule has 1 aromatic carbocycles. The maximum Gasteiger partial charge on any atom is 0.260 e. The molecule has 2 fully saturated rings. The molecule has 0 aromatic heterocycles. The fourth-order valence-electron chi connectivity index (χ4n) is 4.95. The van der Waals surface area contributed by atoms with Crippen molar-refractivity contribution < 1.29 is 22.7 Å². The van der Waals surface area contributed by atoms with Gasteiger partial charge in [0.1, 0.15) is 5.75 Å². The Bertz CT molecular complexity index is 885. The summed E-state index contributed by atoms with van der Waals surface area (Å²) >= 11 is 3.56. The quantitative estimate of drug-likeness (QED) is 0.674. The van der Waals surface area contributed by atoms with Crippen molar-refractivity contribution in [1.82, 2.24) is 9.62 Å². The van der Waals surface area contributed by atoms with Gasteiger partial charge in [-0.1, -0.05) is 15.9 Å². The number of sulfonamides is 1. The van der Waals surface area contributed by atoms with E-state index in [0.29, 0.717) is 25.5 Å². The molecule has 1 aromatic rings. The molecule has 1 unspecified atom stereocenters. The predicted octanol–water partition coefficient (Wildman–Crippen LogP) is 2.79. The average molecular weight is 501 g/mol. The summed E-state index contributed by atoms with van der Waals surface area (Å²) in [7, 11) is -3.38. The number of rotatable bonds is 2. The second-order valence-corrected chi connectivity index (χ2v) is 11.3. The number of halogens is 1. The standard InChI is InChI=1S/C21H29BrN2O5S/c1-30(26,27)23-18-3-2-10-24-19(18)12-28-16-7-4-14(5-8-16)17-11-15(22)6-9-20(17)29-13-21(24)25/h6,9,11,14,16,18-19,23H,2-5,7-8,10,12-13H2,1H3/t14?,16?,18-,19?/m0/s1. The minimum absolute atomic E-state index is 0.0626. The summed E-state index contributed by atoms with van der Waals surface area (Å²) in [5.41, 5.74) is 1.14. The van der Waals surface area contributed by atoms with Gasteiger partial charge < -0.3 is 14.4 Å². The molecule has 166 valence electrons. The van der Waals surface area contributed by atoms with Crippen LogP contribution in [0.2, 0.25) is 0 Å². The zero-order valence-electron chi connectivity index (χ0n) is 17.2. The van der Waals surface area contributed by atoms with Crippen LogP contribution in [0.15, 0.2) is 22.7 Å². The first-order chi connectivity index (χ1) is 14.3. The summed E-state index contributed by atoms with van der Waals surface area (Å²) in [6.45, 7) is 0.859. The average Bonchev–Trinajstić information content (AvgIpc) is 2.71. The van der Waals surface area contributed by atoms with E-state index in [1.165, 1.54) is 0 Å². The molecule has 1 aliphatic carbocycles. The van der Waals surface area contributed by atoms with Crippen LogP contribution < -0.4 is 9.46 Å². The Morgan fingerprint density at radius 2 is 1.93 bits per heavy atom. The molecular weight excluding hydrogens is 472 g/mol. The van der Waals surface area contributed by atoms with Crippen LogP contribution in [0.3, 0.4) is 0 Å². The number of carbonyl (C=O) groups is 1. The molecule has 1 saturated carbocycles. The number of ether oxygens (including phenoxy) is 2. The number of hydrogen-bond acceptors (Lipinski definition) is 5. The first-order valence-electron chi connectivity index (χ1n) is 10.6. The first-order valence-corrected chi connectivity index (χ1v) is 13.3. The number of nitrogens with zero attached hydrogens (tertiary/aromatic N) is 1. The number of fused-ring (bicyclic) bond motifs is 5. The maximum absolute atomic E-state index is 13.1. The maximum atomic E-state index is 13.1. The van der Waals surface area contributed by atoms with Crippen molar-refractivity contribution in [3.63, 3.8) is 0 Å².